The summed E-state index contributed by atoms with van der Waals surface area (Å²) in [4.78, 5) is 1.37. The van der Waals surface area contributed by atoms with Crippen LogP contribution < -0.4 is 0 Å². The quantitative estimate of drug-likeness (QED) is 0.816. The Morgan fingerprint density at radius 3 is 2.86 bits per heavy atom. The summed E-state index contributed by atoms with van der Waals surface area (Å²) < 4.78 is 1.18. The largest absolute Gasteiger partial charge is 0.508 e. The Bertz CT molecular complexity index is 462. The van der Waals surface area contributed by atoms with Crippen LogP contribution in [-0.2, 0) is 11.8 Å². The highest BCUT2D eigenvalue weighted by Gasteiger charge is 2.09. The molecular formula is C11H11BrOS. The van der Waals surface area contributed by atoms with E-state index in [-0.39, 0.29) is 0 Å². The van der Waals surface area contributed by atoms with Crippen molar-refractivity contribution in [1.82, 2.24) is 0 Å². The van der Waals surface area contributed by atoms with Gasteiger partial charge in [-0.3, -0.25) is 0 Å². The number of hydrogen-bond donors (Lipinski definition) is 1. The average molecular weight is 271 g/mol. The summed E-state index contributed by atoms with van der Waals surface area (Å²) in [6.07, 6.45) is 1.05. The van der Waals surface area contributed by atoms with Crippen molar-refractivity contribution in [3.63, 3.8) is 0 Å². The number of fused-ring (bicyclic) bond motifs is 1. The number of phenols is 1. The molecule has 0 atom stereocenters. The number of halogens is 1. The van der Waals surface area contributed by atoms with Crippen molar-refractivity contribution in [2.24, 2.45) is 0 Å². The number of alkyl halides is 1. The lowest BCUT2D eigenvalue weighted by Crippen LogP contribution is -1.81. The Morgan fingerprint density at radius 2 is 2.21 bits per heavy atom. The van der Waals surface area contributed by atoms with E-state index in [0.29, 0.717) is 5.75 Å². The van der Waals surface area contributed by atoms with Crippen molar-refractivity contribution < 1.29 is 5.11 Å². The summed E-state index contributed by atoms with van der Waals surface area (Å²) in [5, 5.41) is 11.6. The van der Waals surface area contributed by atoms with Gasteiger partial charge < -0.3 is 5.11 Å². The van der Waals surface area contributed by atoms with Gasteiger partial charge in [-0.15, -0.1) is 11.3 Å². The summed E-state index contributed by atoms with van der Waals surface area (Å²) in [6.45, 7) is 2.17. The van der Waals surface area contributed by atoms with Gasteiger partial charge in [-0.2, -0.15) is 0 Å². The van der Waals surface area contributed by atoms with Gasteiger partial charge in [-0.25, -0.2) is 0 Å². The van der Waals surface area contributed by atoms with Gasteiger partial charge in [0.2, 0.25) is 0 Å². The van der Waals surface area contributed by atoms with Crippen molar-refractivity contribution in [2.45, 2.75) is 18.7 Å². The molecule has 14 heavy (non-hydrogen) atoms. The van der Waals surface area contributed by atoms with Gasteiger partial charge in [0, 0.05) is 14.9 Å². The third-order valence-electron chi connectivity index (χ3n) is 2.33. The average Bonchev–Trinajstić information content (AvgIpc) is 2.54. The van der Waals surface area contributed by atoms with Crippen LogP contribution in [0.5, 0.6) is 5.75 Å². The van der Waals surface area contributed by atoms with Gasteiger partial charge in [0.25, 0.3) is 0 Å². The van der Waals surface area contributed by atoms with E-state index in [4.69, 9.17) is 0 Å². The monoisotopic (exact) mass is 270 g/mol. The van der Waals surface area contributed by atoms with Crippen molar-refractivity contribution in [1.29, 1.82) is 0 Å². The third kappa shape index (κ3) is 1.55. The molecule has 0 saturated heterocycles. The van der Waals surface area contributed by atoms with Gasteiger partial charge in [0.1, 0.15) is 5.75 Å². The number of aryl methyl sites for hydroxylation is 1. The summed E-state index contributed by atoms with van der Waals surface area (Å²) in [5.74, 6) is 0.350. The normalized spacial score (nSPS) is 11.0. The molecule has 0 fully saturated rings. The number of benzene rings is 1. The molecule has 1 aromatic heterocycles. The van der Waals surface area contributed by atoms with E-state index in [1.54, 1.807) is 17.4 Å². The Kier molecular flexibility index (Phi) is 2.79. The standard InChI is InChI=1S/C11H11BrOS/c1-2-8-9-4-3-7(13)5-10(9)14-11(8)6-12/h3-5,13H,2,6H2,1H3. The number of hydrogen-bond acceptors (Lipinski definition) is 2. The molecular weight excluding hydrogens is 260 g/mol. The fraction of sp³-hybridized carbons (Fsp3) is 0.273. The molecule has 0 spiro atoms. The zero-order chi connectivity index (χ0) is 10.1. The first-order chi connectivity index (χ1) is 6.76. The Morgan fingerprint density at radius 1 is 1.43 bits per heavy atom. The van der Waals surface area contributed by atoms with E-state index >= 15 is 0 Å². The van der Waals surface area contributed by atoms with Crippen LogP contribution in [0.4, 0.5) is 0 Å². The molecule has 0 aliphatic carbocycles. The Hall–Kier alpha value is -0.540. The van der Waals surface area contributed by atoms with Crippen molar-refractivity contribution >= 4 is 37.4 Å². The van der Waals surface area contributed by atoms with E-state index < -0.39 is 0 Å². The molecule has 2 rings (SSSR count). The van der Waals surface area contributed by atoms with Crippen LogP contribution >= 0.6 is 27.3 Å². The van der Waals surface area contributed by atoms with Gasteiger partial charge >= 0.3 is 0 Å². The van der Waals surface area contributed by atoms with Crippen molar-refractivity contribution in [3.05, 3.63) is 28.6 Å². The molecule has 0 unspecified atom stereocenters. The Labute approximate surface area is 95.5 Å². The molecule has 0 aliphatic rings. The summed E-state index contributed by atoms with van der Waals surface area (Å²) in [6, 6.07) is 5.60. The molecule has 0 radical (unpaired) electrons. The first-order valence-electron chi connectivity index (χ1n) is 4.55. The molecule has 0 saturated carbocycles. The minimum Gasteiger partial charge on any atom is -0.508 e. The van der Waals surface area contributed by atoms with E-state index in [1.807, 2.05) is 12.1 Å². The zero-order valence-corrected chi connectivity index (χ0v) is 10.3. The molecule has 1 heterocycles. The SMILES string of the molecule is CCc1c(CBr)sc2cc(O)ccc12. The predicted octanol–water partition coefficient (Wildman–Crippen LogP) is 4.06. The number of rotatable bonds is 2. The van der Waals surface area contributed by atoms with Crippen LogP contribution in [0.3, 0.4) is 0 Å². The van der Waals surface area contributed by atoms with Crippen LogP contribution in [-0.4, -0.2) is 5.11 Å². The van der Waals surface area contributed by atoms with E-state index in [9.17, 15) is 5.11 Å². The highest BCUT2D eigenvalue weighted by molar-refractivity contribution is 9.08. The van der Waals surface area contributed by atoms with Gasteiger partial charge in [0.15, 0.2) is 0 Å². The summed E-state index contributed by atoms with van der Waals surface area (Å²) in [5.41, 5.74) is 1.40. The maximum absolute atomic E-state index is 9.37. The lowest BCUT2D eigenvalue weighted by molar-refractivity contribution is 0.476. The second-order valence-corrected chi connectivity index (χ2v) is 4.87. The maximum Gasteiger partial charge on any atom is 0.117 e. The molecule has 1 nitrogen and oxygen atoms in total. The fourth-order valence-electron chi connectivity index (χ4n) is 1.68. The summed E-state index contributed by atoms with van der Waals surface area (Å²) >= 11 is 5.25. The van der Waals surface area contributed by atoms with E-state index in [2.05, 4.69) is 22.9 Å². The Balaban J connectivity index is 2.73. The maximum atomic E-state index is 9.37. The molecule has 2 aromatic rings. The fourth-order valence-corrected chi connectivity index (χ4v) is 3.55. The van der Waals surface area contributed by atoms with Gasteiger partial charge in [0.05, 0.1) is 0 Å². The van der Waals surface area contributed by atoms with E-state index in [1.165, 1.54) is 20.5 Å². The number of thiophene rings is 1. The minimum absolute atomic E-state index is 0.350. The van der Waals surface area contributed by atoms with Crippen LogP contribution in [0.25, 0.3) is 10.1 Å². The summed E-state index contributed by atoms with van der Waals surface area (Å²) in [7, 11) is 0. The smallest absolute Gasteiger partial charge is 0.117 e. The highest BCUT2D eigenvalue weighted by Crippen LogP contribution is 2.34. The number of aromatic hydroxyl groups is 1. The molecule has 3 heteroatoms. The van der Waals surface area contributed by atoms with Gasteiger partial charge in [-0.05, 0) is 35.6 Å². The number of phenolic OH excluding ortho intramolecular Hbond substituents is 1. The second-order valence-electron chi connectivity index (χ2n) is 3.17. The second kappa shape index (κ2) is 3.91. The van der Waals surface area contributed by atoms with Crippen LogP contribution in [0, 0.1) is 0 Å². The third-order valence-corrected chi connectivity index (χ3v) is 4.46. The highest BCUT2D eigenvalue weighted by atomic mass is 79.9. The molecule has 1 aromatic carbocycles. The lowest BCUT2D eigenvalue weighted by Gasteiger charge is -1.97. The van der Waals surface area contributed by atoms with Gasteiger partial charge in [-0.1, -0.05) is 22.9 Å². The van der Waals surface area contributed by atoms with Crippen LogP contribution in [0.2, 0.25) is 0 Å². The first kappa shape index (κ1) is 9.99. The molecule has 74 valence electrons. The van der Waals surface area contributed by atoms with Crippen molar-refractivity contribution in [3.8, 4) is 5.75 Å². The zero-order valence-electron chi connectivity index (χ0n) is 7.88. The topological polar surface area (TPSA) is 20.2 Å². The molecule has 0 bridgehead atoms. The minimum atomic E-state index is 0.350. The van der Waals surface area contributed by atoms with Crippen molar-refractivity contribution in [2.75, 3.05) is 0 Å². The lowest BCUT2D eigenvalue weighted by atomic mass is 10.1. The molecule has 1 N–H and O–H groups in total. The molecule has 0 amide bonds. The van der Waals surface area contributed by atoms with Crippen LogP contribution in [0.1, 0.15) is 17.4 Å². The van der Waals surface area contributed by atoms with Crippen LogP contribution in [0.15, 0.2) is 18.2 Å². The first-order valence-corrected chi connectivity index (χ1v) is 6.49. The predicted molar refractivity (Wildman–Crippen MR) is 65.5 cm³/mol. The van der Waals surface area contributed by atoms with E-state index in [0.717, 1.165) is 11.8 Å². The molecule has 0 aliphatic heterocycles.